The van der Waals surface area contributed by atoms with Gasteiger partial charge in [0.1, 0.15) is 0 Å². The van der Waals surface area contributed by atoms with Crippen LogP contribution < -0.4 is 5.73 Å². The van der Waals surface area contributed by atoms with Gasteiger partial charge >= 0.3 is 0 Å². The standard InChI is InChI=1S/C11H11F2N3/c12-11(13,7-14)6-9-4-3-8-2-1-5-15-10(8)16-9/h1-5H,6-7,14H2. The quantitative estimate of drug-likeness (QED) is 0.862. The number of rotatable bonds is 3. The SMILES string of the molecule is NCC(F)(F)Cc1ccc2cccnc2n1. The van der Waals surface area contributed by atoms with Crippen LogP contribution in [0, 0.1) is 0 Å². The monoisotopic (exact) mass is 223 g/mol. The minimum absolute atomic E-state index is 0.307. The zero-order valence-electron chi connectivity index (χ0n) is 8.53. The topological polar surface area (TPSA) is 51.8 Å². The molecule has 2 N–H and O–H groups in total. The Kier molecular flexibility index (Phi) is 2.78. The number of nitrogens with zero attached hydrogens (tertiary/aromatic N) is 2. The Bertz CT molecular complexity index is 499. The van der Waals surface area contributed by atoms with Crippen molar-refractivity contribution in [1.82, 2.24) is 9.97 Å². The summed E-state index contributed by atoms with van der Waals surface area (Å²) in [5, 5.41) is 0.835. The fraction of sp³-hybridized carbons (Fsp3) is 0.273. The summed E-state index contributed by atoms with van der Waals surface area (Å²) in [7, 11) is 0. The third kappa shape index (κ3) is 2.30. The average molecular weight is 223 g/mol. The van der Waals surface area contributed by atoms with Crippen LogP contribution in [0.1, 0.15) is 5.69 Å². The second kappa shape index (κ2) is 4.09. The van der Waals surface area contributed by atoms with Gasteiger partial charge < -0.3 is 5.73 Å². The number of hydrogen-bond donors (Lipinski definition) is 1. The Morgan fingerprint density at radius 3 is 2.81 bits per heavy atom. The molecule has 0 spiro atoms. The van der Waals surface area contributed by atoms with Crippen molar-refractivity contribution in [1.29, 1.82) is 0 Å². The number of halogens is 2. The van der Waals surface area contributed by atoms with Crippen molar-refractivity contribution in [2.45, 2.75) is 12.3 Å². The van der Waals surface area contributed by atoms with E-state index in [9.17, 15) is 8.78 Å². The van der Waals surface area contributed by atoms with Gasteiger partial charge in [-0.25, -0.2) is 18.7 Å². The van der Waals surface area contributed by atoms with Crippen LogP contribution in [0.3, 0.4) is 0 Å². The van der Waals surface area contributed by atoms with Gasteiger partial charge in [0.2, 0.25) is 0 Å². The number of fused-ring (bicyclic) bond motifs is 1. The Morgan fingerprint density at radius 1 is 1.25 bits per heavy atom. The maximum Gasteiger partial charge on any atom is 0.265 e. The number of hydrogen-bond acceptors (Lipinski definition) is 3. The van der Waals surface area contributed by atoms with Gasteiger partial charge in [-0.3, -0.25) is 0 Å². The van der Waals surface area contributed by atoms with Crippen LogP contribution in [0.15, 0.2) is 30.5 Å². The van der Waals surface area contributed by atoms with Crippen LogP contribution in [0.2, 0.25) is 0 Å². The highest BCUT2D eigenvalue weighted by Crippen LogP contribution is 2.18. The first-order valence-corrected chi connectivity index (χ1v) is 4.89. The first-order chi connectivity index (χ1) is 7.61. The molecule has 0 atom stereocenters. The molecule has 0 aliphatic heterocycles. The minimum Gasteiger partial charge on any atom is -0.325 e. The lowest BCUT2D eigenvalue weighted by Crippen LogP contribution is -2.30. The van der Waals surface area contributed by atoms with Crippen molar-refractivity contribution in [2.75, 3.05) is 6.54 Å². The summed E-state index contributed by atoms with van der Waals surface area (Å²) in [5.74, 6) is -2.91. The lowest BCUT2D eigenvalue weighted by Gasteiger charge is -2.12. The molecule has 2 heterocycles. The molecule has 0 aromatic carbocycles. The number of nitrogens with two attached hydrogens (primary N) is 1. The molecule has 0 unspecified atom stereocenters. The van der Waals surface area contributed by atoms with Gasteiger partial charge in [0.05, 0.1) is 13.0 Å². The molecule has 0 saturated carbocycles. The molecule has 2 aromatic heterocycles. The largest absolute Gasteiger partial charge is 0.325 e. The summed E-state index contributed by atoms with van der Waals surface area (Å²) in [6.45, 7) is -0.672. The third-order valence-electron chi connectivity index (χ3n) is 2.26. The van der Waals surface area contributed by atoms with Gasteiger partial charge in [-0.15, -0.1) is 0 Å². The molecule has 0 radical (unpaired) electrons. The van der Waals surface area contributed by atoms with E-state index in [1.54, 1.807) is 24.4 Å². The van der Waals surface area contributed by atoms with Crippen LogP contribution in [-0.2, 0) is 6.42 Å². The Labute approximate surface area is 91.3 Å². The maximum atomic E-state index is 13.1. The highest BCUT2D eigenvalue weighted by molar-refractivity contribution is 5.74. The molecule has 2 rings (SSSR count). The molecular weight excluding hydrogens is 212 g/mol. The number of alkyl halides is 2. The van der Waals surface area contributed by atoms with Gasteiger partial charge in [-0.05, 0) is 24.3 Å². The van der Waals surface area contributed by atoms with Crippen molar-refractivity contribution >= 4 is 11.0 Å². The summed E-state index contributed by atoms with van der Waals surface area (Å²) in [6, 6.07) is 6.92. The average Bonchev–Trinajstić information content (AvgIpc) is 2.28. The lowest BCUT2D eigenvalue weighted by molar-refractivity contribution is 0.0106. The summed E-state index contributed by atoms with van der Waals surface area (Å²) in [4.78, 5) is 8.07. The van der Waals surface area contributed by atoms with Gasteiger partial charge in [0.25, 0.3) is 5.92 Å². The predicted molar refractivity (Wildman–Crippen MR) is 57.2 cm³/mol. The Balaban J connectivity index is 2.33. The second-order valence-electron chi connectivity index (χ2n) is 3.59. The normalized spacial score (nSPS) is 11.9. The highest BCUT2D eigenvalue weighted by atomic mass is 19.3. The van der Waals surface area contributed by atoms with Gasteiger partial charge in [-0.1, -0.05) is 0 Å². The molecule has 0 aliphatic rings. The summed E-state index contributed by atoms with van der Waals surface area (Å²) >= 11 is 0. The van der Waals surface area contributed by atoms with Crippen molar-refractivity contribution in [2.24, 2.45) is 5.73 Å². The van der Waals surface area contributed by atoms with Crippen LogP contribution in [0.5, 0.6) is 0 Å². The van der Waals surface area contributed by atoms with Crippen molar-refractivity contribution in [3.05, 3.63) is 36.2 Å². The summed E-state index contributed by atoms with van der Waals surface area (Å²) in [6.07, 6.45) is 1.14. The molecular formula is C11H11F2N3. The third-order valence-corrected chi connectivity index (χ3v) is 2.26. The minimum atomic E-state index is -2.91. The Morgan fingerprint density at radius 2 is 2.06 bits per heavy atom. The van der Waals surface area contributed by atoms with E-state index in [0.29, 0.717) is 11.3 Å². The van der Waals surface area contributed by atoms with E-state index in [4.69, 9.17) is 5.73 Å². The van der Waals surface area contributed by atoms with E-state index in [1.807, 2.05) is 6.07 Å². The molecule has 5 heteroatoms. The molecule has 0 aliphatic carbocycles. The van der Waals surface area contributed by atoms with E-state index >= 15 is 0 Å². The first-order valence-electron chi connectivity index (χ1n) is 4.89. The van der Waals surface area contributed by atoms with Crippen molar-refractivity contribution < 1.29 is 8.78 Å². The zero-order valence-corrected chi connectivity index (χ0v) is 8.53. The van der Waals surface area contributed by atoms with Crippen LogP contribution in [-0.4, -0.2) is 22.4 Å². The lowest BCUT2D eigenvalue weighted by atomic mass is 10.1. The fourth-order valence-electron chi connectivity index (χ4n) is 1.43. The molecule has 3 nitrogen and oxygen atoms in total. The van der Waals surface area contributed by atoms with Crippen LogP contribution in [0.25, 0.3) is 11.0 Å². The van der Waals surface area contributed by atoms with E-state index in [0.717, 1.165) is 5.39 Å². The molecule has 0 amide bonds. The van der Waals surface area contributed by atoms with Gasteiger partial charge in [-0.2, -0.15) is 0 Å². The van der Waals surface area contributed by atoms with Gasteiger partial charge in [0, 0.05) is 17.3 Å². The molecule has 2 aromatic rings. The Hall–Kier alpha value is -1.62. The predicted octanol–water partition coefficient (Wildman–Crippen LogP) is 1.77. The fourth-order valence-corrected chi connectivity index (χ4v) is 1.43. The van der Waals surface area contributed by atoms with Crippen LogP contribution in [0.4, 0.5) is 8.78 Å². The van der Waals surface area contributed by atoms with Gasteiger partial charge in [0.15, 0.2) is 5.65 Å². The van der Waals surface area contributed by atoms with Crippen LogP contribution >= 0.6 is 0 Å². The first kappa shape index (κ1) is 10.9. The zero-order chi connectivity index (χ0) is 11.6. The smallest absolute Gasteiger partial charge is 0.265 e. The summed E-state index contributed by atoms with van der Waals surface area (Å²) in [5.41, 5.74) is 5.76. The summed E-state index contributed by atoms with van der Waals surface area (Å²) < 4.78 is 26.1. The van der Waals surface area contributed by atoms with E-state index < -0.39 is 18.9 Å². The van der Waals surface area contributed by atoms with Crippen molar-refractivity contribution in [3.8, 4) is 0 Å². The van der Waals surface area contributed by atoms with E-state index in [1.165, 1.54) is 0 Å². The second-order valence-corrected chi connectivity index (χ2v) is 3.59. The number of pyridine rings is 2. The molecule has 0 fully saturated rings. The molecule has 0 saturated heterocycles. The highest BCUT2D eigenvalue weighted by Gasteiger charge is 2.27. The molecule has 16 heavy (non-hydrogen) atoms. The van der Waals surface area contributed by atoms with E-state index in [-0.39, 0.29) is 0 Å². The molecule has 0 bridgehead atoms. The van der Waals surface area contributed by atoms with E-state index in [2.05, 4.69) is 9.97 Å². The van der Waals surface area contributed by atoms with Crippen molar-refractivity contribution in [3.63, 3.8) is 0 Å². The maximum absolute atomic E-state index is 13.1. The molecule has 84 valence electrons. The number of aromatic nitrogens is 2.